The first-order valence-corrected chi connectivity index (χ1v) is 10.6. The number of amides is 2. The molecule has 1 spiro atoms. The monoisotopic (exact) mass is 394 g/mol. The maximum absolute atomic E-state index is 13.2. The van der Waals surface area contributed by atoms with Crippen molar-refractivity contribution >= 4 is 11.8 Å². The maximum atomic E-state index is 13.2. The van der Waals surface area contributed by atoms with Crippen LogP contribution in [0.1, 0.15) is 59.5 Å². The number of nitrogens with one attached hydrogen (secondary N) is 1. The molecule has 1 saturated carbocycles. The summed E-state index contributed by atoms with van der Waals surface area (Å²) in [6.45, 7) is 1.59. The van der Waals surface area contributed by atoms with Crippen LogP contribution in [0.25, 0.3) is 0 Å². The van der Waals surface area contributed by atoms with Crippen LogP contribution in [0.2, 0.25) is 0 Å². The fraction of sp³-hybridized carbons (Fsp3) is 0.545. The number of aromatic nitrogens is 2. The molecule has 152 valence electrons. The van der Waals surface area contributed by atoms with E-state index in [9.17, 15) is 9.59 Å². The molecule has 7 nitrogen and oxygen atoms in total. The van der Waals surface area contributed by atoms with Crippen LogP contribution in [0.4, 0.5) is 0 Å². The zero-order chi connectivity index (χ0) is 19.8. The summed E-state index contributed by atoms with van der Waals surface area (Å²) in [6.07, 6.45) is 10.4. The lowest BCUT2D eigenvalue weighted by atomic mass is 9.62. The van der Waals surface area contributed by atoms with Gasteiger partial charge in [-0.3, -0.25) is 14.6 Å². The van der Waals surface area contributed by atoms with E-state index in [1.165, 1.54) is 0 Å². The lowest BCUT2D eigenvalue weighted by Gasteiger charge is -2.41. The smallest absolute Gasteiger partial charge is 0.276 e. The van der Waals surface area contributed by atoms with Crippen molar-refractivity contribution in [3.8, 4) is 0 Å². The molecule has 2 aromatic heterocycles. The van der Waals surface area contributed by atoms with E-state index in [1.807, 2.05) is 17.0 Å². The Labute approximate surface area is 169 Å². The number of rotatable bonds is 4. The van der Waals surface area contributed by atoms with Crippen LogP contribution in [0, 0.1) is 11.3 Å². The predicted molar refractivity (Wildman–Crippen MR) is 105 cm³/mol. The summed E-state index contributed by atoms with van der Waals surface area (Å²) in [6, 6.07) is 3.80. The Morgan fingerprint density at radius 1 is 1.17 bits per heavy atom. The van der Waals surface area contributed by atoms with E-state index >= 15 is 0 Å². The van der Waals surface area contributed by atoms with Gasteiger partial charge < -0.3 is 14.7 Å². The molecular formula is C22H26N4O3. The third-order valence-corrected chi connectivity index (χ3v) is 6.97. The second kappa shape index (κ2) is 7.28. The third kappa shape index (κ3) is 3.22. The Hall–Kier alpha value is -2.70. The van der Waals surface area contributed by atoms with Crippen molar-refractivity contribution in [1.29, 1.82) is 0 Å². The van der Waals surface area contributed by atoms with Crippen LogP contribution in [0.3, 0.4) is 0 Å². The molecule has 1 aliphatic heterocycles. The molecule has 29 heavy (non-hydrogen) atoms. The Morgan fingerprint density at radius 2 is 1.97 bits per heavy atom. The minimum absolute atomic E-state index is 0.0407. The van der Waals surface area contributed by atoms with Crippen LogP contribution in [-0.4, -0.2) is 39.9 Å². The number of hydrogen-bond donors (Lipinski definition) is 1. The number of nitrogens with zero attached hydrogens (tertiary/aromatic N) is 3. The second-order valence-corrected chi connectivity index (χ2v) is 8.67. The van der Waals surface area contributed by atoms with Gasteiger partial charge in [0.05, 0.1) is 5.92 Å². The van der Waals surface area contributed by atoms with Crippen LogP contribution >= 0.6 is 0 Å². The third-order valence-electron chi connectivity index (χ3n) is 6.97. The molecule has 1 atom stereocenters. The van der Waals surface area contributed by atoms with Crippen molar-refractivity contribution in [2.75, 3.05) is 13.1 Å². The summed E-state index contributed by atoms with van der Waals surface area (Å²) < 4.78 is 5.44. The highest BCUT2D eigenvalue weighted by atomic mass is 16.5. The van der Waals surface area contributed by atoms with Crippen molar-refractivity contribution in [3.05, 3.63) is 47.1 Å². The summed E-state index contributed by atoms with van der Waals surface area (Å²) in [4.78, 5) is 32.1. The fourth-order valence-corrected chi connectivity index (χ4v) is 5.14. The molecule has 1 unspecified atom stereocenters. The van der Waals surface area contributed by atoms with Gasteiger partial charge in [0, 0.05) is 49.4 Å². The second-order valence-electron chi connectivity index (χ2n) is 8.67. The molecule has 2 aliphatic carbocycles. The van der Waals surface area contributed by atoms with Gasteiger partial charge in [-0.15, -0.1) is 0 Å². The van der Waals surface area contributed by atoms with Crippen molar-refractivity contribution < 1.29 is 14.1 Å². The van der Waals surface area contributed by atoms with Gasteiger partial charge in [-0.1, -0.05) is 11.6 Å². The Balaban J connectivity index is 1.30. The van der Waals surface area contributed by atoms with E-state index in [0.717, 1.165) is 61.8 Å². The van der Waals surface area contributed by atoms with Crippen LogP contribution < -0.4 is 5.32 Å². The zero-order valence-corrected chi connectivity index (χ0v) is 16.5. The molecule has 2 fully saturated rings. The summed E-state index contributed by atoms with van der Waals surface area (Å²) in [5.41, 5.74) is 2.39. The van der Waals surface area contributed by atoms with Gasteiger partial charge in [0.25, 0.3) is 5.91 Å². The van der Waals surface area contributed by atoms with Gasteiger partial charge in [-0.2, -0.15) is 0 Å². The molecule has 7 heteroatoms. The molecular weight excluding hydrogens is 368 g/mol. The van der Waals surface area contributed by atoms with Crippen LogP contribution in [-0.2, 0) is 24.2 Å². The minimum Gasteiger partial charge on any atom is -0.360 e. The van der Waals surface area contributed by atoms with E-state index in [4.69, 9.17) is 4.52 Å². The van der Waals surface area contributed by atoms with E-state index in [-0.39, 0.29) is 23.1 Å². The lowest BCUT2D eigenvalue weighted by molar-refractivity contribution is -0.129. The van der Waals surface area contributed by atoms with Gasteiger partial charge in [0.15, 0.2) is 5.69 Å². The van der Waals surface area contributed by atoms with E-state index < -0.39 is 0 Å². The molecule has 0 aromatic carbocycles. The number of carbonyl (C=O) groups is 2. The topological polar surface area (TPSA) is 88.3 Å². The lowest BCUT2D eigenvalue weighted by Crippen LogP contribution is -2.45. The molecule has 1 N–H and O–H groups in total. The molecule has 2 amide bonds. The highest BCUT2D eigenvalue weighted by molar-refractivity contribution is 5.95. The van der Waals surface area contributed by atoms with Crippen molar-refractivity contribution in [1.82, 2.24) is 20.4 Å². The minimum atomic E-state index is -0.162. The van der Waals surface area contributed by atoms with Gasteiger partial charge in [0.1, 0.15) is 5.76 Å². The average molecular weight is 394 g/mol. The molecule has 0 radical (unpaired) electrons. The average Bonchev–Trinajstić information content (AvgIpc) is 3.34. The fourth-order valence-electron chi connectivity index (χ4n) is 5.14. The highest BCUT2D eigenvalue weighted by Gasteiger charge is 2.54. The number of likely N-dealkylation sites (tertiary alicyclic amines) is 1. The number of fused-ring (bicyclic) bond motifs is 1. The number of aryl methyl sites for hydroxylation is 1. The van der Waals surface area contributed by atoms with Crippen molar-refractivity contribution in [3.63, 3.8) is 0 Å². The first-order chi connectivity index (χ1) is 14.2. The Kier molecular flexibility index (Phi) is 4.60. The molecule has 2 aromatic rings. The molecule has 5 rings (SSSR count). The molecule has 3 heterocycles. The number of hydrogen-bond acceptors (Lipinski definition) is 5. The van der Waals surface area contributed by atoms with E-state index in [0.29, 0.717) is 25.3 Å². The van der Waals surface area contributed by atoms with E-state index in [1.54, 1.807) is 12.4 Å². The first kappa shape index (κ1) is 18.3. The first-order valence-electron chi connectivity index (χ1n) is 10.6. The van der Waals surface area contributed by atoms with Gasteiger partial charge in [0.2, 0.25) is 5.91 Å². The summed E-state index contributed by atoms with van der Waals surface area (Å²) in [5.74, 6) is 0.667. The molecule has 1 saturated heterocycles. The highest BCUT2D eigenvalue weighted by Crippen LogP contribution is 2.52. The molecule has 0 bridgehead atoms. The quantitative estimate of drug-likeness (QED) is 0.861. The number of carbonyl (C=O) groups excluding carboxylic acids is 2. The normalized spacial score (nSPS) is 22.2. The zero-order valence-electron chi connectivity index (χ0n) is 16.5. The summed E-state index contributed by atoms with van der Waals surface area (Å²) in [5, 5.41) is 7.18. The predicted octanol–water partition coefficient (Wildman–Crippen LogP) is 2.51. The Morgan fingerprint density at radius 3 is 2.72 bits per heavy atom. The SMILES string of the molecule is O=C(NCc1ccncc1)C1CN(C(=O)c2noc3c2CCCC3)CC12CCC2. The van der Waals surface area contributed by atoms with Gasteiger partial charge in [-0.05, 0) is 49.8 Å². The van der Waals surface area contributed by atoms with E-state index in [2.05, 4.69) is 15.5 Å². The molecule has 3 aliphatic rings. The standard InChI is InChI=1S/C22H26N4O3/c27-20(24-12-15-6-10-23-11-7-15)17-13-26(14-22(17)8-3-9-22)21(28)19-16-4-1-2-5-18(16)29-25-19/h6-7,10-11,17H,1-5,8-9,12-14H2,(H,24,27). The van der Waals surface area contributed by atoms with Gasteiger partial charge >= 0.3 is 0 Å². The van der Waals surface area contributed by atoms with Crippen LogP contribution in [0.15, 0.2) is 29.0 Å². The maximum Gasteiger partial charge on any atom is 0.276 e. The van der Waals surface area contributed by atoms with Gasteiger partial charge in [-0.25, -0.2) is 0 Å². The van der Waals surface area contributed by atoms with Crippen molar-refractivity contribution in [2.24, 2.45) is 11.3 Å². The number of pyridine rings is 1. The summed E-state index contributed by atoms with van der Waals surface area (Å²) in [7, 11) is 0. The van der Waals surface area contributed by atoms with Crippen LogP contribution in [0.5, 0.6) is 0 Å². The Bertz CT molecular complexity index is 919. The largest absolute Gasteiger partial charge is 0.360 e. The van der Waals surface area contributed by atoms with Crippen molar-refractivity contribution in [2.45, 2.75) is 51.5 Å². The summed E-state index contributed by atoms with van der Waals surface area (Å²) >= 11 is 0.